The van der Waals surface area contributed by atoms with Crippen molar-refractivity contribution in [2.45, 2.75) is 110 Å². The maximum atomic E-state index is 14.1. The molecule has 1 aromatic carbocycles. The number of amides is 2. The third-order valence-corrected chi connectivity index (χ3v) is 11.4. The van der Waals surface area contributed by atoms with Crippen LogP contribution in [0.5, 0.6) is 0 Å². The number of benzene rings is 1. The Bertz CT molecular complexity index is 1460. The zero-order valence-corrected chi connectivity index (χ0v) is 33.5. The Labute approximate surface area is 317 Å². The highest BCUT2D eigenvalue weighted by molar-refractivity contribution is 7.59. The number of thiazole rings is 1. The summed E-state index contributed by atoms with van der Waals surface area (Å²) in [6, 6.07) is 8.35. The maximum Gasteiger partial charge on any atom is 0.392 e. The summed E-state index contributed by atoms with van der Waals surface area (Å²) in [6.07, 6.45) is -1.51. The lowest BCUT2D eigenvalue weighted by molar-refractivity contribution is -0.191. The number of carbonyl (C=O) groups excluding carboxylic acids is 4. The number of hydrogen-bond donors (Lipinski definition) is 1. The van der Waals surface area contributed by atoms with Crippen LogP contribution in [0.2, 0.25) is 0 Å². The summed E-state index contributed by atoms with van der Waals surface area (Å²) in [5, 5.41) is 5.36. The highest BCUT2D eigenvalue weighted by atomic mass is 32.1. The van der Waals surface area contributed by atoms with Crippen LogP contribution in [0, 0.1) is 23.7 Å². The van der Waals surface area contributed by atoms with Crippen molar-refractivity contribution in [1.29, 1.82) is 0 Å². The number of rotatable bonds is 17. The number of likely N-dealkylation sites (N-methyl/N-ethyl adjacent to an activating group) is 1. The largest absolute Gasteiger partial charge is 0.469 e. The molecule has 1 N–H and O–H groups in total. The van der Waals surface area contributed by atoms with Crippen molar-refractivity contribution in [2.24, 2.45) is 23.7 Å². The van der Waals surface area contributed by atoms with Crippen LogP contribution in [-0.2, 0) is 25.5 Å². The van der Waals surface area contributed by atoms with E-state index in [1.807, 2.05) is 56.0 Å². The molecule has 0 saturated carbocycles. The standard InChI is InChI=1S/C38H55F3N4O5S.H2S/c1-23(2)32(45(7)36(48)29(26(5)38(39,40)41)21-33(46)31-16-12-13-17-44(31)6)19-24(3)35-43-30(22-51-35)34(47)42-28(18-25(4)37(49)50-8)20-27-14-10-9-11-15-27;/h9-11,14-15,22-26,28-29,31-32H,12-13,16-21H2,1-8H3,(H,42,47);1H2/t24-,25+,26?,28-,29+,31-,32-;/m1./s1. The Hall–Kier alpha value is -2.97. The first kappa shape index (κ1) is 45.2. The fourth-order valence-corrected chi connectivity index (χ4v) is 7.87. The third-order valence-electron chi connectivity index (χ3n) is 10.3. The lowest BCUT2D eigenvalue weighted by atomic mass is 9.83. The summed E-state index contributed by atoms with van der Waals surface area (Å²) in [5.74, 6) is -6.06. The maximum absolute atomic E-state index is 14.1. The summed E-state index contributed by atoms with van der Waals surface area (Å²) < 4.78 is 47.2. The summed E-state index contributed by atoms with van der Waals surface area (Å²) in [6.45, 7) is 9.18. The first-order chi connectivity index (χ1) is 23.9. The fourth-order valence-electron chi connectivity index (χ4n) is 7.00. The van der Waals surface area contributed by atoms with Gasteiger partial charge in [0.1, 0.15) is 5.69 Å². The van der Waals surface area contributed by atoms with Gasteiger partial charge in [0, 0.05) is 36.9 Å². The van der Waals surface area contributed by atoms with Crippen molar-refractivity contribution in [1.82, 2.24) is 20.1 Å². The van der Waals surface area contributed by atoms with Gasteiger partial charge in [-0.3, -0.25) is 24.1 Å². The zero-order chi connectivity index (χ0) is 38.0. The van der Waals surface area contributed by atoms with Gasteiger partial charge >= 0.3 is 12.1 Å². The quantitative estimate of drug-likeness (QED) is 0.172. The zero-order valence-electron chi connectivity index (χ0n) is 31.7. The number of ether oxygens (including phenoxy) is 1. The van der Waals surface area contributed by atoms with Gasteiger partial charge in [0.15, 0.2) is 5.78 Å². The summed E-state index contributed by atoms with van der Waals surface area (Å²) in [4.78, 5) is 60.7. The molecular formula is C38H57F3N4O5S2. The predicted molar refractivity (Wildman–Crippen MR) is 203 cm³/mol. The normalized spacial score (nSPS) is 18.7. The van der Waals surface area contributed by atoms with Gasteiger partial charge in [-0.05, 0) is 57.2 Å². The number of nitrogens with one attached hydrogen (secondary N) is 1. The van der Waals surface area contributed by atoms with Crippen LogP contribution in [0.4, 0.5) is 13.2 Å². The van der Waals surface area contributed by atoms with Gasteiger partial charge in [0.05, 0.1) is 35.9 Å². The van der Waals surface area contributed by atoms with E-state index in [0.29, 0.717) is 37.2 Å². The van der Waals surface area contributed by atoms with Crippen molar-refractivity contribution >= 4 is 48.4 Å². The van der Waals surface area contributed by atoms with Crippen molar-refractivity contribution in [3.8, 4) is 0 Å². The monoisotopic (exact) mass is 770 g/mol. The van der Waals surface area contributed by atoms with E-state index in [2.05, 4.69) is 10.3 Å². The highest BCUT2D eigenvalue weighted by Gasteiger charge is 2.47. The smallest absolute Gasteiger partial charge is 0.392 e. The van der Waals surface area contributed by atoms with Crippen molar-refractivity contribution in [3.63, 3.8) is 0 Å². The molecule has 292 valence electrons. The number of aromatic nitrogens is 1. The van der Waals surface area contributed by atoms with Gasteiger partial charge in [-0.1, -0.05) is 71.4 Å². The van der Waals surface area contributed by atoms with Crippen LogP contribution in [0.25, 0.3) is 0 Å². The average molecular weight is 771 g/mol. The number of esters is 1. The molecule has 2 aromatic rings. The van der Waals surface area contributed by atoms with Crippen LogP contribution in [0.15, 0.2) is 35.7 Å². The number of methoxy groups -OCH3 is 1. The second kappa shape index (κ2) is 20.5. The van der Waals surface area contributed by atoms with Crippen LogP contribution >= 0.6 is 24.8 Å². The summed E-state index contributed by atoms with van der Waals surface area (Å²) in [7, 11) is 4.66. The molecule has 52 heavy (non-hydrogen) atoms. The van der Waals surface area contributed by atoms with Crippen molar-refractivity contribution < 1.29 is 37.1 Å². The van der Waals surface area contributed by atoms with E-state index in [4.69, 9.17) is 4.74 Å². The molecule has 14 heteroatoms. The first-order valence-electron chi connectivity index (χ1n) is 17.9. The van der Waals surface area contributed by atoms with E-state index in [1.165, 1.54) is 30.4 Å². The topological polar surface area (TPSA) is 109 Å². The second-order valence-electron chi connectivity index (χ2n) is 14.6. The molecule has 9 nitrogen and oxygen atoms in total. The van der Waals surface area contributed by atoms with Gasteiger partial charge < -0.3 is 15.0 Å². The fraction of sp³-hybridized carbons (Fsp3) is 0.658. The molecule has 1 aromatic heterocycles. The van der Waals surface area contributed by atoms with E-state index in [9.17, 15) is 32.3 Å². The van der Waals surface area contributed by atoms with Gasteiger partial charge in [-0.25, -0.2) is 4.98 Å². The van der Waals surface area contributed by atoms with Crippen molar-refractivity contribution in [3.05, 3.63) is 52.0 Å². The minimum Gasteiger partial charge on any atom is -0.469 e. The lowest BCUT2D eigenvalue weighted by Gasteiger charge is -2.38. The minimum absolute atomic E-state index is 0. The molecular weight excluding hydrogens is 714 g/mol. The van der Waals surface area contributed by atoms with Crippen LogP contribution < -0.4 is 5.32 Å². The molecule has 2 heterocycles. The molecule has 7 atom stereocenters. The number of likely N-dealkylation sites (tertiary alicyclic amines) is 1. The molecule has 1 fully saturated rings. The number of nitrogens with zero attached hydrogens (tertiary/aromatic N) is 3. The lowest BCUT2D eigenvalue weighted by Crippen LogP contribution is -2.49. The van der Waals surface area contributed by atoms with E-state index < -0.39 is 48.3 Å². The Morgan fingerprint density at radius 1 is 1.06 bits per heavy atom. The van der Waals surface area contributed by atoms with Gasteiger partial charge in [-0.15, -0.1) is 11.3 Å². The van der Waals surface area contributed by atoms with E-state index in [0.717, 1.165) is 25.3 Å². The molecule has 1 aliphatic heterocycles. The average Bonchev–Trinajstić information content (AvgIpc) is 3.59. The number of halogens is 3. The molecule has 2 amide bonds. The van der Waals surface area contributed by atoms with Gasteiger partial charge in [-0.2, -0.15) is 26.7 Å². The molecule has 1 saturated heterocycles. The minimum atomic E-state index is -4.64. The molecule has 3 rings (SSSR count). The molecule has 1 aliphatic rings. The third kappa shape index (κ3) is 12.6. The van der Waals surface area contributed by atoms with E-state index >= 15 is 0 Å². The van der Waals surface area contributed by atoms with E-state index in [-0.39, 0.29) is 54.7 Å². The number of piperidine rings is 1. The van der Waals surface area contributed by atoms with E-state index in [1.54, 1.807) is 19.4 Å². The Kier molecular flexibility index (Phi) is 17.8. The number of alkyl halides is 3. The van der Waals surface area contributed by atoms with Crippen molar-refractivity contribution in [2.75, 3.05) is 27.7 Å². The Morgan fingerprint density at radius 3 is 2.29 bits per heavy atom. The molecule has 0 aliphatic carbocycles. The van der Waals surface area contributed by atoms with Crippen LogP contribution in [0.1, 0.15) is 100 Å². The highest BCUT2D eigenvalue weighted by Crippen LogP contribution is 2.37. The molecule has 1 unspecified atom stereocenters. The Morgan fingerprint density at radius 2 is 1.71 bits per heavy atom. The Balaban J connectivity index is 0.00000936. The second-order valence-corrected chi connectivity index (χ2v) is 15.5. The van der Waals surface area contributed by atoms with Crippen LogP contribution in [-0.4, -0.2) is 90.4 Å². The number of Topliss-reactive ketones (excluding diaryl/α,β-unsaturated/α-hetero) is 1. The molecule has 0 bridgehead atoms. The summed E-state index contributed by atoms with van der Waals surface area (Å²) >= 11 is 1.30. The molecule has 0 spiro atoms. The first-order valence-corrected chi connectivity index (χ1v) is 18.8. The number of carbonyl (C=O) groups is 4. The van der Waals surface area contributed by atoms with Crippen LogP contribution in [0.3, 0.4) is 0 Å². The predicted octanol–water partition coefficient (Wildman–Crippen LogP) is 7.03. The molecule has 0 radical (unpaired) electrons. The summed E-state index contributed by atoms with van der Waals surface area (Å²) in [5.41, 5.74) is 1.23. The number of ketones is 1. The van der Waals surface area contributed by atoms with Gasteiger partial charge in [0.2, 0.25) is 5.91 Å². The SMILES string of the molecule is COC(=O)[C@@H](C)C[C@H](Cc1ccccc1)NC(=O)c1csc([C@H](C)C[C@H](C(C)C)N(C)C(=O)[C@@H](CC(=O)[C@H]2CCCCN2C)C(C)C(F)(F)F)n1.S. The van der Waals surface area contributed by atoms with Gasteiger partial charge in [0.25, 0.3) is 5.91 Å². The number of hydrogen-bond acceptors (Lipinski definition) is 8.